The summed E-state index contributed by atoms with van der Waals surface area (Å²) >= 11 is 4.13. The molecule has 0 aromatic heterocycles. The Bertz CT molecular complexity index is 327. The van der Waals surface area contributed by atoms with Crippen LogP contribution < -0.4 is 0 Å². The van der Waals surface area contributed by atoms with E-state index in [0.29, 0.717) is 0 Å². The average molecular weight is 457 g/mol. The normalized spacial score (nSPS) is 8.97. The highest BCUT2D eigenvalue weighted by atomic mass is 32.1. The van der Waals surface area contributed by atoms with Gasteiger partial charge in [-0.15, -0.1) is 12.6 Å². The Morgan fingerprint density at radius 1 is 0.484 bits per heavy atom. The maximum absolute atomic E-state index is 7.00. The van der Waals surface area contributed by atoms with Gasteiger partial charge in [-0.05, 0) is 19.1 Å². The number of aliphatic hydroxyl groups is 1. The van der Waals surface area contributed by atoms with Crippen LogP contribution in [0, 0.1) is 6.92 Å². The number of unbranched alkanes of at least 4 members (excludes halogenated alkanes) is 12. The van der Waals surface area contributed by atoms with Gasteiger partial charge in [0.1, 0.15) is 0 Å². The van der Waals surface area contributed by atoms with Gasteiger partial charge in [0, 0.05) is 12.0 Å². The number of benzene rings is 1. The Morgan fingerprint density at radius 2 is 0.742 bits per heavy atom. The second kappa shape index (κ2) is 39.9. The van der Waals surface area contributed by atoms with Crippen LogP contribution in [0.15, 0.2) is 29.2 Å². The number of hydrogen-bond donors (Lipinski definition) is 2. The molecule has 0 aliphatic rings. The summed E-state index contributed by atoms with van der Waals surface area (Å²) < 4.78 is 0. The molecule has 31 heavy (non-hydrogen) atoms. The van der Waals surface area contributed by atoms with Crippen molar-refractivity contribution in [3.63, 3.8) is 0 Å². The summed E-state index contributed by atoms with van der Waals surface area (Å²) in [5, 5.41) is 7.00. The molecule has 0 saturated carbocycles. The van der Waals surface area contributed by atoms with Crippen molar-refractivity contribution in [2.75, 3.05) is 7.11 Å². The monoisotopic (exact) mass is 456 g/mol. The van der Waals surface area contributed by atoms with E-state index in [1.165, 1.54) is 102 Å². The van der Waals surface area contributed by atoms with Gasteiger partial charge < -0.3 is 5.11 Å². The van der Waals surface area contributed by atoms with Crippen molar-refractivity contribution in [3.05, 3.63) is 29.8 Å². The van der Waals surface area contributed by atoms with Crippen LogP contribution >= 0.6 is 12.6 Å². The summed E-state index contributed by atoms with van der Waals surface area (Å²) in [7, 11) is 1.00. The molecule has 0 atom stereocenters. The molecule has 1 N–H and O–H groups in total. The summed E-state index contributed by atoms with van der Waals surface area (Å²) in [6.45, 7) is 15.5. The van der Waals surface area contributed by atoms with Gasteiger partial charge >= 0.3 is 0 Å². The molecule has 1 aromatic carbocycles. The molecule has 0 heterocycles. The predicted molar refractivity (Wildman–Crippen MR) is 150 cm³/mol. The zero-order chi connectivity index (χ0) is 24.6. The van der Waals surface area contributed by atoms with E-state index in [1.54, 1.807) is 0 Å². The third kappa shape index (κ3) is 48.3. The van der Waals surface area contributed by atoms with Gasteiger partial charge in [0.25, 0.3) is 0 Å². The number of aliphatic hydroxyl groups excluding tert-OH is 1. The maximum atomic E-state index is 7.00. The number of aryl methyl sites for hydroxylation is 1. The van der Waals surface area contributed by atoms with Gasteiger partial charge in [-0.2, -0.15) is 0 Å². The Kier molecular flexibility index (Phi) is 48.7. The van der Waals surface area contributed by atoms with Crippen LogP contribution in [0.5, 0.6) is 0 Å². The Morgan fingerprint density at radius 3 is 0.968 bits per heavy atom. The SMILES string of the molecule is CCCCC.CCCCCC.CCCCCCCCCC.CO.Cc1ccc(S)cc1. The first-order valence-electron chi connectivity index (χ1n) is 13.2. The molecule has 0 bridgehead atoms. The summed E-state index contributed by atoms with van der Waals surface area (Å²) in [5.74, 6) is 0. The van der Waals surface area contributed by atoms with Gasteiger partial charge in [-0.1, -0.05) is 156 Å². The Labute approximate surface area is 204 Å². The Balaban J connectivity index is -0.000000157. The first-order chi connectivity index (χ1) is 15.0. The molecule has 0 saturated heterocycles. The van der Waals surface area contributed by atoms with E-state index in [1.807, 2.05) is 24.3 Å². The molecule has 0 aliphatic heterocycles. The Hall–Kier alpha value is -0.470. The van der Waals surface area contributed by atoms with Crippen LogP contribution in [0.1, 0.15) is 143 Å². The van der Waals surface area contributed by atoms with Crippen molar-refractivity contribution in [3.8, 4) is 0 Å². The molecule has 0 fully saturated rings. The minimum absolute atomic E-state index is 1.00. The molecule has 1 aromatic rings. The van der Waals surface area contributed by atoms with Crippen LogP contribution in [0.4, 0.5) is 0 Å². The minimum atomic E-state index is 1.00. The summed E-state index contributed by atoms with van der Waals surface area (Å²) in [4.78, 5) is 1.02. The predicted octanol–water partition coefficient (Wildman–Crippen LogP) is 10.8. The van der Waals surface area contributed by atoms with E-state index in [-0.39, 0.29) is 0 Å². The lowest BCUT2D eigenvalue weighted by molar-refractivity contribution is 0.399. The highest BCUT2D eigenvalue weighted by molar-refractivity contribution is 7.80. The van der Waals surface area contributed by atoms with Crippen molar-refractivity contribution < 1.29 is 5.11 Å². The summed E-state index contributed by atoms with van der Waals surface area (Å²) in [5.41, 5.74) is 1.28. The first kappa shape index (κ1) is 37.8. The molecule has 1 nitrogen and oxygen atoms in total. The highest BCUT2D eigenvalue weighted by Crippen LogP contribution is 2.07. The van der Waals surface area contributed by atoms with Crippen LogP contribution in [0.25, 0.3) is 0 Å². The quantitative estimate of drug-likeness (QED) is 0.236. The number of rotatable bonds is 12. The zero-order valence-electron chi connectivity index (χ0n) is 22.8. The van der Waals surface area contributed by atoms with Gasteiger partial charge in [-0.3, -0.25) is 0 Å². The van der Waals surface area contributed by atoms with Crippen molar-refractivity contribution >= 4 is 12.6 Å². The summed E-state index contributed by atoms with van der Waals surface area (Å²) in [6, 6.07) is 8.06. The van der Waals surface area contributed by atoms with Gasteiger partial charge in [0.15, 0.2) is 0 Å². The molecule has 0 radical (unpaired) electrons. The lowest BCUT2D eigenvalue weighted by atomic mass is 10.1. The molecule has 0 spiro atoms. The standard InChI is InChI=1S/C10H22.C7H8S.C6H14.C5H12.CH4O/c1-3-5-7-9-10-8-6-4-2;1-6-2-4-7(8)5-3-6;1-3-5-6-4-2;1-3-5-4-2;1-2/h3-10H2,1-2H3;2-5,8H,1H3;3-6H2,1-2H3;3-5H2,1-2H3;2H,1H3. The fraction of sp³-hybridized carbons (Fsp3) is 0.793. The zero-order valence-corrected chi connectivity index (χ0v) is 23.7. The fourth-order valence-corrected chi connectivity index (χ4v) is 2.75. The van der Waals surface area contributed by atoms with Crippen molar-refractivity contribution in [1.29, 1.82) is 0 Å². The molecular weight excluding hydrogens is 396 g/mol. The molecule has 2 heteroatoms. The minimum Gasteiger partial charge on any atom is -0.400 e. The van der Waals surface area contributed by atoms with Crippen molar-refractivity contribution in [2.45, 2.75) is 150 Å². The molecule has 0 unspecified atom stereocenters. The van der Waals surface area contributed by atoms with E-state index < -0.39 is 0 Å². The third-order valence-corrected chi connectivity index (χ3v) is 4.95. The van der Waals surface area contributed by atoms with Gasteiger partial charge in [0.05, 0.1) is 0 Å². The van der Waals surface area contributed by atoms with E-state index in [0.717, 1.165) is 12.0 Å². The molecule has 0 aliphatic carbocycles. The van der Waals surface area contributed by atoms with E-state index in [9.17, 15) is 0 Å². The number of hydrogen-bond acceptors (Lipinski definition) is 2. The molecule has 188 valence electrons. The van der Waals surface area contributed by atoms with E-state index in [2.05, 4.69) is 61.1 Å². The topological polar surface area (TPSA) is 20.2 Å². The van der Waals surface area contributed by atoms with Crippen LogP contribution in [0.3, 0.4) is 0 Å². The van der Waals surface area contributed by atoms with E-state index >= 15 is 0 Å². The van der Waals surface area contributed by atoms with Crippen LogP contribution in [-0.4, -0.2) is 12.2 Å². The van der Waals surface area contributed by atoms with Crippen LogP contribution in [0.2, 0.25) is 0 Å². The van der Waals surface area contributed by atoms with Gasteiger partial charge in [-0.25, -0.2) is 0 Å². The smallest absolute Gasteiger partial charge is 0.0319 e. The van der Waals surface area contributed by atoms with Crippen molar-refractivity contribution in [1.82, 2.24) is 0 Å². The molecule has 0 amide bonds. The third-order valence-electron chi connectivity index (χ3n) is 4.66. The van der Waals surface area contributed by atoms with E-state index in [4.69, 9.17) is 5.11 Å². The lowest BCUT2D eigenvalue weighted by Crippen LogP contribution is -1.77. The first-order valence-corrected chi connectivity index (χ1v) is 13.7. The second-order valence-corrected chi connectivity index (χ2v) is 8.53. The second-order valence-electron chi connectivity index (χ2n) is 8.02. The average Bonchev–Trinajstić information content (AvgIpc) is 2.80. The molecule has 1 rings (SSSR count). The largest absolute Gasteiger partial charge is 0.400 e. The maximum Gasteiger partial charge on any atom is 0.0319 e. The lowest BCUT2D eigenvalue weighted by Gasteiger charge is -1.97. The van der Waals surface area contributed by atoms with Crippen molar-refractivity contribution in [2.24, 2.45) is 0 Å². The van der Waals surface area contributed by atoms with Gasteiger partial charge in [0.2, 0.25) is 0 Å². The summed E-state index contributed by atoms with van der Waals surface area (Å²) in [6.07, 6.45) is 21.1. The van der Waals surface area contributed by atoms with Crippen LogP contribution in [-0.2, 0) is 0 Å². The highest BCUT2D eigenvalue weighted by Gasteiger charge is 1.87. The molecular formula is C29H60OS. The number of thiol groups is 1. The fourth-order valence-electron chi connectivity index (χ4n) is 2.61.